The fourth-order valence-corrected chi connectivity index (χ4v) is 2.25. The topological polar surface area (TPSA) is 12.0 Å². The zero-order valence-corrected chi connectivity index (χ0v) is 12.1. The van der Waals surface area contributed by atoms with Gasteiger partial charge < -0.3 is 5.32 Å². The van der Waals surface area contributed by atoms with Crippen molar-refractivity contribution in [1.82, 2.24) is 5.32 Å². The van der Waals surface area contributed by atoms with Gasteiger partial charge in [-0.25, -0.2) is 0 Å². The molecule has 0 saturated heterocycles. The summed E-state index contributed by atoms with van der Waals surface area (Å²) in [5.41, 5.74) is 2.72. The molecule has 0 aromatic carbocycles. The van der Waals surface area contributed by atoms with Crippen LogP contribution in [0.15, 0.2) is 24.3 Å². The summed E-state index contributed by atoms with van der Waals surface area (Å²) in [7, 11) is 0. The molecule has 17 heavy (non-hydrogen) atoms. The Labute approximate surface area is 107 Å². The summed E-state index contributed by atoms with van der Waals surface area (Å²) < 4.78 is 0. The maximum Gasteiger partial charge on any atom is -0.00145 e. The minimum Gasteiger partial charge on any atom is -0.316 e. The van der Waals surface area contributed by atoms with Gasteiger partial charge in [-0.2, -0.15) is 0 Å². The van der Waals surface area contributed by atoms with Crippen LogP contribution >= 0.6 is 0 Å². The smallest absolute Gasteiger partial charge is 0.00145 e. The zero-order chi connectivity index (χ0) is 13.0. The molecule has 1 saturated carbocycles. The van der Waals surface area contributed by atoms with Crippen LogP contribution in [0.5, 0.6) is 0 Å². The summed E-state index contributed by atoms with van der Waals surface area (Å²) in [5, 5.41) is 3.55. The van der Waals surface area contributed by atoms with E-state index < -0.39 is 0 Å². The van der Waals surface area contributed by atoms with Gasteiger partial charge >= 0.3 is 0 Å². The number of allylic oxidation sites excluding steroid dienone is 2. The second-order valence-electron chi connectivity index (χ2n) is 6.26. The molecule has 2 unspecified atom stereocenters. The first-order valence-electron chi connectivity index (χ1n) is 6.95. The quantitative estimate of drug-likeness (QED) is 0.626. The Hall–Kier alpha value is -0.560. The molecule has 1 heteroatoms. The molecule has 3 atom stereocenters. The summed E-state index contributed by atoms with van der Waals surface area (Å²) in [6, 6.07) is 0. The molecule has 0 heterocycles. The van der Waals surface area contributed by atoms with Gasteiger partial charge in [-0.05, 0) is 56.5 Å². The summed E-state index contributed by atoms with van der Waals surface area (Å²) >= 11 is 0. The minimum atomic E-state index is 0.590. The second kappa shape index (κ2) is 6.39. The molecule has 0 spiro atoms. The average Bonchev–Trinajstić information content (AvgIpc) is 2.96. The molecule has 1 rings (SSSR count). The van der Waals surface area contributed by atoms with Crippen molar-refractivity contribution in [3.8, 4) is 0 Å². The van der Waals surface area contributed by atoms with Gasteiger partial charge in [0, 0.05) is 0 Å². The third-order valence-corrected chi connectivity index (χ3v) is 3.82. The van der Waals surface area contributed by atoms with Crippen molar-refractivity contribution >= 4 is 0 Å². The zero-order valence-electron chi connectivity index (χ0n) is 12.1. The van der Waals surface area contributed by atoms with Crippen LogP contribution in [-0.4, -0.2) is 13.1 Å². The van der Waals surface area contributed by atoms with Gasteiger partial charge in [0.1, 0.15) is 0 Å². The van der Waals surface area contributed by atoms with Gasteiger partial charge in [0.25, 0.3) is 0 Å². The highest BCUT2D eigenvalue weighted by Gasteiger charge is 2.38. The van der Waals surface area contributed by atoms with Crippen molar-refractivity contribution in [3.05, 3.63) is 24.3 Å². The van der Waals surface area contributed by atoms with Crippen molar-refractivity contribution in [2.75, 3.05) is 13.1 Å². The molecule has 0 radical (unpaired) electrons. The van der Waals surface area contributed by atoms with Gasteiger partial charge in [-0.15, -0.1) is 0 Å². The van der Waals surface area contributed by atoms with Gasteiger partial charge in [0.15, 0.2) is 0 Å². The largest absolute Gasteiger partial charge is 0.316 e. The van der Waals surface area contributed by atoms with Gasteiger partial charge in [-0.3, -0.25) is 0 Å². The lowest BCUT2D eigenvalue weighted by molar-refractivity contribution is 0.525. The summed E-state index contributed by atoms with van der Waals surface area (Å²) in [6.45, 7) is 19.5. The number of hydrogen-bond donors (Lipinski definition) is 1. The number of nitrogens with one attached hydrogen (secondary N) is 1. The first-order valence-corrected chi connectivity index (χ1v) is 6.95. The summed E-state index contributed by atoms with van der Waals surface area (Å²) in [5.74, 6) is 2.96. The van der Waals surface area contributed by atoms with Gasteiger partial charge in [0.2, 0.25) is 0 Å². The molecular weight excluding hydrogens is 206 g/mol. The molecule has 1 aliphatic rings. The molecule has 98 valence electrons. The van der Waals surface area contributed by atoms with E-state index in [-0.39, 0.29) is 0 Å². The van der Waals surface area contributed by atoms with E-state index in [0.717, 1.165) is 30.7 Å². The van der Waals surface area contributed by atoms with E-state index in [1.54, 1.807) is 0 Å². The van der Waals surface area contributed by atoms with E-state index in [1.165, 1.54) is 24.1 Å². The third kappa shape index (κ3) is 5.08. The highest BCUT2D eigenvalue weighted by Crippen LogP contribution is 2.45. The minimum absolute atomic E-state index is 0.590. The number of rotatable bonds is 8. The van der Waals surface area contributed by atoms with E-state index in [4.69, 9.17) is 0 Å². The van der Waals surface area contributed by atoms with Crippen molar-refractivity contribution in [2.45, 2.75) is 40.5 Å². The van der Waals surface area contributed by atoms with Crippen LogP contribution in [0.2, 0.25) is 0 Å². The Morgan fingerprint density at radius 2 is 1.94 bits per heavy atom. The first kappa shape index (κ1) is 14.5. The van der Waals surface area contributed by atoms with E-state index in [0.29, 0.717) is 5.92 Å². The lowest BCUT2D eigenvalue weighted by Gasteiger charge is -2.13. The maximum absolute atomic E-state index is 4.26. The standard InChI is InChI=1S/C16H29N/c1-11(2)9-17-10-15-8-16(15)14(6)7-13(5)12(3)4/h11,13,15-17H,3,6-10H2,1-2,4-5H3/t13?,15-,16?/m0/s1. The monoisotopic (exact) mass is 235 g/mol. The van der Waals surface area contributed by atoms with Crippen LogP contribution in [-0.2, 0) is 0 Å². The average molecular weight is 235 g/mol. The predicted octanol–water partition coefficient (Wildman–Crippen LogP) is 4.03. The third-order valence-electron chi connectivity index (χ3n) is 3.82. The van der Waals surface area contributed by atoms with E-state index in [9.17, 15) is 0 Å². The van der Waals surface area contributed by atoms with Gasteiger partial charge in [0.05, 0.1) is 0 Å². The Balaban J connectivity index is 2.17. The molecule has 0 bridgehead atoms. The lowest BCUT2D eigenvalue weighted by atomic mass is 9.93. The van der Waals surface area contributed by atoms with Crippen molar-refractivity contribution in [2.24, 2.45) is 23.7 Å². The van der Waals surface area contributed by atoms with E-state index in [2.05, 4.69) is 46.2 Å². The molecule has 0 amide bonds. The van der Waals surface area contributed by atoms with Crippen LogP contribution in [0, 0.1) is 23.7 Å². The lowest BCUT2D eigenvalue weighted by Crippen LogP contribution is -2.22. The molecule has 1 aliphatic carbocycles. The predicted molar refractivity (Wildman–Crippen MR) is 77.0 cm³/mol. The second-order valence-corrected chi connectivity index (χ2v) is 6.26. The first-order chi connectivity index (χ1) is 7.91. The van der Waals surface area contributed by atoms with Crippen LogP contribution in [0.3, 0.4) is 0 Å². The van der Waals surface area contributed by atoms with Crippen LogP contribution in [0.1, 0.15) is 40.5 Å². The Bertz CT molecular complexity index is 277. The molecule has 0 aromatic rings. The summed E-state index contributed by atoms with van der Waals surface area (Å²) in [6.07, 6.45) is 2.47. The van der Waals surface area contributed by atoms with Gasteiger partial charge in [-0.1, -0.05) is 45.1 Å². The molecule has 0 aromatic heterocycles. The highest BCUT2D eigenvalue weighted by molar-refractivity contribution is 5.15. The fourth-order valence-electron chi connectivity index (χ4n) is 2.25. The molecular formula is C16H29N. The van der Waals surface area contributed by atoms with E-state index in [1.807, 2.05) is 0 Å². The molecule has 1 N–H and O–H groups in total. The Morgan fingerprint density at radius 1 is 1.29 bits per heavy atom. The maximum atomic E-state index is 4.26. The highest BCUT2D eigenvalue weighted by atomic mass is 14.9. The molecule has 1 fully saturated rings. The van der Waals surface area contributed by atoms with Crippen molar-refractivity contribution < 1.29 is 0 Å². The molecule has 1 nitrogen and oxygen atoms in total. The number of hydrogen-bond acceptors (Lipinski definition) is 1. The van der Waals surface area contributed by atoms with Crippen LogP contribution in [0.25, 0.3) is 0 Å². The van der Waals surface area contributed by atoms with E-state index >= 15 is 0 Å². The fraction of sp³-hybridized carbons (Fsp3) is 0.750. The molecule has 0 aliphatic heterocycles. The Morgan fingerprint density at radius 3 is 2.47 bits per heavy atom. The summed E-state index contributed by atoms with van der Waals surface area (Å²) in [4.78, 5) is 0. The Kier molecular flexibility index (Phi) is 5.45. The SMILES string of the molecule is C=C(C)C(C)CC(=C)C1C[C@H]1CNCC(C)C. The van der Waals surface area contributed by atoms with Crippen LogP contribution in [0.4, 0.5) is 0 Å². The normalized spacial score (nSPS) is 24.8. The van der Waals surface area contributed by atoms with Crippen molar-refractivity contribution in [3.63, 3.8) is 0 Å². The van der Waals surface area contributed by atoms with Crippen molar-refractivity contribution in [1.29, 1.82) is 0 Å². The van der Waals surface area contributed by atoms with Crippen LogP contribution < -0.4 is 5.32 Å².